The summed E-state index contributed by atoms with van der Waals surface area (Å²) in [7, 11) is -0.917. The van der Waals surface area contributed by atoms with Crippen LogP contribution in [0, 0.1) is 6.92 Å². The van der Waals surface area contributed by atoms with Gasteiger partial charge in [-0.2, -0.15) is 12.7 Å². The van der Waals surface area contributed by atoms with Crippen LogP contribution < -0.4 is 10.3 Å². The third kappa shape index (κ3) is 3.47. The van der Waals surface area contributed by atoms with Crippen molar-refractivity contribution in [3.63, 3.8) is 0 Å². The van der Waals surface area contributed by atoms with Crippen LogP contribution in [0.3, 0.4) is 0 Å². The number of aromatic nitrogens is 1. The number of carboxylic acids is 1. The Kier molecular flexibility index (Phi) is 4.76. The molecule has 1 aromatic heterocycles. The molecular formula is C15H17N3O5S. The number of nitrogens with zero attached hydrogens (tertiary/aromatic N) is 2. The van der Waals surface area contributed by atoms with E-state index >= 15 is 0 Å². The second kappa shape index (κ2) is 6.46. The summed E-state index contributed by atoms with van der Waals surface area (Å²) in [4.78, 5) is 23.6. The number of benzene rings is 1. The molecule has 0 spiro atoms. The predicted octanol–water partition coefficient (Wildman–Crippen LogP) is 1.06. The zero-order valence-electron chi connectivity index (χ0n) is 13.3. The first-order valence-corrected chi connectivity index (χ1v) is 8.34. The van der Waals surface area contributed by atoms with E-state index in [1.165, 1.54) is 45.4 Å². The molecule has 0 bridgehead atoms. The first kappa shape index (κ1) is 17.7. The Labute approximate surface area is 139 Å². The molecule has 2 rings (SSSR count). The van der Waals surface area contributed by atoms with Crippen molar-refractivity contribution in [2.75, 3.05) is 18.8 Å². The molecule has 2 N–H and O–H groups in total. The average molecular weight is 351 g/mol. The van der Waals surface area contributed by atoms with E-state index in [4.69, 9.17) is 0 Å². The molecule has 0 aliphatic rings. The first-order chi connectivity index (χ1) is 11.1. The van der Waals surface area contributed by atoms with E-state index in [1.54, 1.807) is 12.1 Å². The van der Waals surface area contributed by atoms with Gasteiger partial charge in [-0.1, -0.05) is 6.07 Å². The van der Waals surface area contributed by atoms with E-state index in [0.717, 1.165) is 8.87 Å². The quantitative estimate of drug-likeness (QED) is 0.837. The molecule has 0 atom stereocenters. The molecule has 1 aromatic carbocycles. The Morgan fingerprint density at radius 1 is 1.25 bits per heavy atom. The molecule has 0 amide bonds. The Hall–Kier alpha value is -2.65. The van der Waals surface area contributed by atoms with Gasteiger partial charge in [-0.25, -0.2) is 4.79 Å². The number of carbonyl (C=O) groups is 1. The molecule has 0 unspecified atom stereocenters. The van der Waals surface area contributed by atoms with Crippen LogP contribution in [0.2, 0.25) is 0 Å². The maximum atomic E-state index is 12.4. The predicted molar refractivity (Wildman–Crippen MR) is 90.0 cm³/mol. The Balaban J connectivity index is 2.53. The van der Waals surface area contributed by atoms with E-state index < -0.39 is 21.7 Å². The molecule has 128 valence electrons. The normalized spacial score (nSPS) is 11.5. The third-order valence-corrected chi connectivity index (χ3v) is 4.82. The summed E-state index contributed by atoms with van der Waals surface area (Å²) in [5.41, 5.74) is -0.0490. The monoisotopic (exact) mass is 351 g/mol. The number of aryl methyl sites for hydroxylation is 1. The zero-order chi connectivity index (χ0) is 18.1. The highest BCUT2D eigenvalue weighted by Crippen LogP contribution is 2.16. The Morgan fingerprint density at radius 3 is 2.50 bits per heavy atom. The number of anilines is 1. The van der Waals surface area contributed by atoms with Crippen molar-refractivity contribution in [1.82, 2.24) is 8.87 Å². The van der Waals surface area contributed by atoms with Crippen LogP contribution in [0.15, 0.2) is 41.3 Å². The van der Waals surface area contributed by atoms with Crippen molar-refractivity contribution >= 4 is 21.9 Å². The molecule has 2 aromatic rings. The van der Waals surface area contributed by atoms with Crippen LogP contribution in [0.1, 0.15) is 15.9 Å². The fraction of sp³-hybridized carbons (Fsp3) is 0.200. The Morgan fingerprint density at radius 2 is 1.92 bits per heavy atom. The second-order valence-electron chi connectivity index (χ2n) is 5.29. The van der Waals surface area contributed by atoms with Gasteiger partial charge in [0.1, 0.15) is 5.56 Å². The molecule has 24 heavy (non-hydrogen) atoms. The lowest BCUT2D eigenvalue weighted by Crippen LogP contribution is -2.29. The molecule has 8 nitrogen and oxygen atoms in total. The fourth-order valence-electron chi connectivity index (χ4n) is 2.05. The topological polar surface area (TPSA) is 109 Å². The fourth-order valence-corrected chi connectivity index (χ4v) is 2.66. The third-order valence-electron chi connectivity index (χ3n) is 3.37. The molecule has 0 fully saturated rings. The van der Waals surface area contributed by atoms with Gasteiger partial charge in [0.05, 0.1) is 11.4 Å². The molecular weight excluding hydrogens is 334 g/mol. The lowest BCUT2D eigenvalue weighted by atomic mass is 10.1. The largest absolute Gasteiger partial charge is 0.477 e. The molecule has 9 heteroatoms. The standard InChI is InChI=1S/C15H17N3O5S/c1-10-7-8-18(14(19)13(10)15(20)21)12-6-4-5-11(9-12)16-24(22,23)17(2)3/h4-9,16H,1-3H3,(H,20,21). The molecule has 0 saturated heterocycles. The maximum absolute atomic E-state index is 12.4. The van der Waals surface area contributed by atoms with Gasteiger partial charge in [-0.3, -0.25) is 14.1 Å². The van der Waals surface area contributed by atoms with Crippen LogP contribution in [0.25, 0.3) is 5.69 Å². The molecule has 1 heterocycles. The van der Waals surface area contributed by atoms with Crippen LogP contribution in [-0.4, -0.2) is 42.5 Å². The van der Waals surface area contributed by atoms with Crippen LogP contribution in [-0.2, 0) is 10.2 Å². The van der Waals surface area contributed by atoms with Crippen LogP contribution >= 0.6 is 0 Å². The number of hydrogen-bond acceptors (Lipinski definition) is 4. The summed E-state index contributed by atoms with van der Waals surface area (Å²) >= 11 is 0. The van der Waals surface area contributed by atoms with E-state index in [2.05, 4.69) is 4.72 Å². The van der Waals surface area contributed by atoms with Crippen molar-refractivity contribution in [1.29, 1.82) is 0 Å². The summed E-state index contributed by atoms with van der Waals surface area (Å²) in [5.74, 6) is -1.31. The Bertz CT molecular complexity index is 948. The van der Waals surface area contributed by atoms with Crippen molar-refractivity contribution in [3.05, 3.63) is 58.0 Å². The minimum atomic E-state index is -3.69. The van der Waals surface area contributed by atoms with Crippen molar-refractivity contribution < 1.29 is 18.3 Å². The summed E-state index contributed by atoms with van der Waals surface area (Å²) in [6.07, 6.45) is 1.45. The summed E-state index contributed by atoms with van der Waals surface area (Å²) < 4.78 is 28.3. The second-order valence-corrected chi connectivity index (χ2v) is 7.18. The highest BCUT2D eigenvalue weighted by atomic mass is 32.2. The SMILES string of the molecule is Cc1ccn(-c2cccc(NS(=O)(=O)N(C)C)c2)c(=O)c1C(=O)O. The average Bonchev–Trinajstić information content (AvgIpc) is 2.46. The number of pyridine rings is 1. The number of aromatic carboxylic acids is 1. The number of nitrogens with one attached hydrogen (secondary N) is 1. The lowest BCUT2D eigenvalue weighted by Gasteiger charge is -2.14. The van der Waals surface area contributed by atoms with Crippen molar-refractivity contribution in [2.45, 2.75) is 6.92 Å². The van der Waals surface area contributed by atoms with Crippen LogP contribution in [0.5, 0.6) is 0 Å². The summed E-state index contributed by atoms with van der Waals surface area (Å²) in [6, 6.07) is 7.64. The highest BCUT2D eigenvalue weighted by Gasteiger charge is 2.16. The lowest BCUT2D eigenvalue weighted by molar-refractivity contribution is 0.0693. The van der Waals surface area contributed by atoms with Crippen LogP contribution in [0.4, 0.5) is 5.69 Å². The van der Waals surface area contributed by atoms with E-state index in [1.807, 2.05) is 0 Å². The van der Waals surface area contributed by atoms with Gasteiger partial charge in [0, 0.05) is 20.3 Å². The first-order valence-electron chi connectivity index (χ1n) is 6.90. The van der Waals surface area contributed by atoms with E-state index in [-0.39, 0.29) is 11.3 Å². The summed E-state index contributed by atoms with van der Waals surface area (Å²) in [6.45, 7) is 1.54. The van der Waals surface area contributed by atoms with Crippen molar-refractivity contribution in [3.8, 4) is 5.69 Å². The van der Waals surface area contributed by atoms with Gasteiger partial charge in [-0.05, 0) is 36.8 Å². The highest BCUT2D eigenvalue weighted by molar-refractivity contribution is 7.90. The molecule has 0 saturated carbocycles. The van der Waals surface area contributed by atoms with Crippen molar-refractivity contribution in [2.24, 2.45) is 0 Å². The minimum Gasteiger partial charge on any atom is -0.477 e. The number of rotatable bonds is 5. The van der Waals surface area contributed by atoms with E-state index in [9.17, 15) is 23.1 Å². The minimum absolute atomic E-state index is 0.255. The summed E-state index contributed by atoms with van der Waals surface area (Å²) in [5, 5.41) is 9.18. The van der Waals surface area contributed by atoms with Gasteiger partial charge < -0.3 is 5.11 Å². The van der Waals surface area contributed by atoms with Gasteiger partial charge in [0.2, 0.25) is 0 Å². The van der Waals surface area contributed by atoms with E-state index in [0.29, 0.717) is 11.3 Å². The zero-order valence-corrected chi connectivity index (χ0v) is 14.2. The molecule has 0 aliphatic carbocycles. The van der Waals surface area contributed by atoms with Gasteiger partial charge in [0.15, 0.2) is 0 Å². The smallest absolute Gasteiger partial charge is 0.341 e. The maximum Gasteiger partial charge on any atom is 0.341 e. The molecule has 0 aliphatic heterocycles. The molecule has 0 radical (unpaired) electrons. The number of carboxylic acid groups (broad SMARTS) is 1. The number of hydrogen-bond donors (Lipinski definition) is 2. The van der Waals surface area contributed by atoms with Gasteiger partial charge in [-0.15, -0.1) is 0 Å². The van der Waals surface area contributed by atoms with Gasteiger partial charge in [0.25, 0.3) is 5.56 Å². The van der Waals surface area contributed by atoms with Gasteiger partial charge >= 0.3 is 16.2 Å².